The predicted molar refractivity (Wildman–Crippen MR) is 135 cm³/mol. The summed E-state index contributed by atoms with van der Waals surface area (Å²) in [5, 5.41) is 3.43. The lowest BCUT2D eigenvalue weighted by Crippen LogP contribution is -2.44. The molecule has 2 aliphatic heterocycles. The molecular formula is C23H37IN4O3. The zero-order chi connectivity index (χ0) is 21.3. The summed E-state index contributed by atoms with van der Waals surface area (Å²) in [4.78, 5) is 21.3. The third-order valence-corrected chi connectivity index (χ3v) is 5.87. The number of benzene rings is 1. The second-order valence-corrected chi connectivity index (χ2v) is 7.93. The van der Waals surface area contributed by atoms with Crippen molar-refractivity contribution in [2.24, 2.45) is 4.99 Å². The van der Waals surface area contributed by atoms with Gasteiger partial charge in [-0.05, 0) is 55.9 Å². The number of guanidine groups is 1. The van der Waals surface area contributed by atoms with Crippen molar-refractivity contribution in [3.8, 4) is 11.5 Å². The topological polar surface area (TPSA) is 66.4 Å². The van der Waals surface area contributed by atoms with Crippen LogP contribution in [0, 0.1) is 0 Å². The Morgan fingerprint density at radius 3 is 2.52 bits per heavy atom. The summed E-state index contributed by atoms with van der Waals surface area (Å²) in [5.41, 5.74) is 2.55. The van der Waals surface area contributed by atoms with Crippen LogP contribution >= 0.6 is 24.0 Å². The van der Waals surface area contributed by atoms with Crippen LogP contribution in [0.15, 0.2) is 17.1 Å². The van der Waals surface area contributed by atoms with E-state index in [9.17, 15) is 4.79 Å². The third-order valence-electron chi connectivity index (χ3n) is 5.87. The lowest BCUT2D eigenvalue weighted by atomic mass is 9.99. The van der Waals surface area contributed by atoms with Crippen LogP contribution in [0.4, 0.5) is 0 Å². The predicted octanol–water partition coefficient (Wildman–Crippen LogP) is 3.44. The molecule has 1 aromatic rings. The molecule has 0 unspecified atom stereocenters. The number of rotatable bonds is 7. The van der Waals surface area contributed by atoms with Crippen molar-refractivity contribution in [3.05, 3.63) is 23.3 Å². The molecule has 1 amide bonds. The van der Waals surface area contributed by atoms with Crippen molar-refractivity contribution >= 4 is 35.8 Å². The zero-order valence-corrected chi connectivity index (χ0v) is 21.4. The van der Waals surface area contributed by atoms with Gasteiger partial charge in [0, 0.05) is 45.7 Å². The van der Waals surface area contributed by atoms with Crippen LogP contribution in [0.2, 0.25) is 0 Å². The number of carbonyl (C=O) groups excluding carboxylic acids is 1. The Balaban J connectivity index is 0.00000341. The number of carbonyl (C=O) groups is 1. The molecule has 1 aromatic carbocycles. The second-order valence-electron chi connectivity index (χ2n) is 7.93. The molecule has 0 spiro atoms. The molecule has 174 valence electrons. The number of aliphatic imine (C=N–C) groups is 1. The minimum absolute atomic E-state index is 0. The molecule has 0 radical (unpaired) electrons. The van der Waals surface area contributed by atoms with E-state index in [-0.39, 0.29) is 24.0 Å². The van der Waals surface area contributed by atoms with Gasteiger partial charge in [-0.15, -0.1) is 24.0 Å². The minimum atomic E-state index is 0. The van der Waals surface area contributed by atoms with Crippen molar-refractivity contribution in [2.75, 3.05) is 46.9 Å². The maximum Gasteiger partial charge on any atom is 0.222 e. The van der Waals surface area contributed by atoms with Gasteiger partial charge in [-0.1, -0.05) is 6.42 Å². The fourth-order valence-corrected chi connectivity index (χ4v) is 4.21. The van der Waals surface area contributed by atoms with Gasteiger partial charge < -0.3 is 24.6 Å². The number of methoxy groups -OCH3 is 2. The lowest BCUT2D eigenvalue weighted by Gasteiger charge is -2.32. The van der Waals surface area contributed by atoms with Crippen molar-refractivity contribution in [3.63, 3.8) is 0 Å². The fourth-order valence-electron chi connectivity index (χ4n) is 4.21. The number of amides is 1. The van der Waals surface area contributed by atoms with Gasteiger partial charge in [-0.3, -0.25) is 9.79 Å². The molecule has 8 heteroatoms. The zero-order valence-electron chi connectivity index (χ0n) is 19.1. The number of ether oxygens (including phenoxy) is 2. The first kappa shape index (κ1) is 25.5. The van der Waals surface area contributed by atoms with Crippen LogP contribution in [0.1, 0.15) is 50.2 Å². The van der Waals surface area contributed by atoms with Gasteiger partial charge in [0.15, 0.2) is 17.5 Å². The maximum absolute atomic E-state index is 12.2. The highest BCUT2D eigenvalue weighted by Crippen LogP contribution is 2.33. The molecule has 0 atom stereocenters. The maximum atomic E-state index is 12.2. The lowest BCUT2D eigenvalue weighted by molar-refractivity contribution is -0.130. The van der Waals surface area contributed by atoms with Crippen LogP contribution in [0.25, 0.3) is 0 Å². The average molecular weight is 544 g/mol. The second kappa shape index (κ2) is 13.0. The SMILES string of the molecule is CCNC(=NCCCN1CCCCCC1=O)N1CCc2cc(OC)c(OC)cc2C1.I. The molecular weight excluding hydrogens is 507 g/mol. The van der Waals surface area contributed by atoms with Crippen molar-refractivity contribution in [2.45, 2.75) is 52.0 Å². The Kier molecular flexibility index (Phi) is 10.7. The third kappa shape index (κ3) is 6.89. The van der Waals surface area contributed by atoms with Crippen LogP contribution in [-0.2, 0) is 17.8 Å². The molecule has 1 saturated heterocycles. The van der Waals surface area contributed by atoms with Gasteiger partial charge in [-0.2, -0.15) is 0 Å². The molecule has 2 aliphatic rings. The van der Waals surface area contributed by atoms with Crippen LogP contribution in [0.3, 0.4) is 0 Å². The summed E-state index contributed by atoms with van der Waals surface area (Å²) in [7, 11) is 3.35. The van der Waals surface area contributed by atoms with E-state index in [4.69, 9.17) is 14.5 Å². The van der Waals surface area contributed by atoms with E-state index in [1.54, 1.807) is 14.2 Å². The van der Waals surface area contributed by atoms with Crippen molar-refractivity contribution in [1.82, 2.24) is 15.1 Å². The monoisotopic (exact) mass is 544 g/mol. The highest BCUT2D eigenvalue weighted by Gasteiger charge is 2.22. The van der Waals surface area contributed by atoms with Crippen LogP contribution in [0.5, 0.6) is 11.5 Å². The highest BCUT2D eigenvalue weighted by molar-refractivity contribution is 14.0. The summed E-state index contributed by atoms with van der Waals surface area (Å²) in [5.74, 6) is 2.80. The Morgan fingerprint density at radius 2 is 1.81 bits per heavy atom. The van der Waals surface area contributed by atoms with E-state index in [0.29, 0.717) is 12.3 Å². The summed E-state index contributed by atoms with van der Waals surface area (Å²) in [6.07, 6.45) is 5.87. The molecule has 1 fully saturated rings. The molecule has 0 aromatic heterocycles. The first-order chi connectivity index (χ1) is 14.7. The summed E-state index contributed by atoms with van der Waals surface area (Å²) in [6, 6.07) is 4.17. The Morgan fingerprint density at radius 1 is 1.06 bits per heavy atom. The van der Waals surface area contributed by atoms with Gasteiger partial charge >= 0.3 is 0 Å². The number of hydrogen-bond acceptors (Lipinski definition) is 4. The first-order valence-electron chi connectivity index (χ1n) is 11.2. The summed E-state index contributed by atoms with van der Waals surface area (Å²) >= 11 is 0. The Hall–Kier alpha value is -1.71. The van der Waals surface area contributed by atoms with E-state index in [2.05, 4.69) is 29.3 Å². The minimum Gasteiger partial charge on any atom is -0.493 e. The molecule has 0 bridgehead atoms. The van der Waals surface area contributed by atoms with Gasteiger partial charge in [0.05, 0.1) is 14.2 Å². The molecule has 1 N–H and O–H groups in total. The standard InChI is InChI=1S/C23H36N4O3.HI/c1-4-24-23(25-11-8-13-26-12-7-5-6-9-22(26)28)27-14-10-18-15-20(29-2)21(30-3)16-19(18)17-27;/h15-16H,4-14,17H2,1-3H3,(H,24,25);1H. The Labute approximate surface area is 203 Å². The number of nitrogens with zero attached hydrogens (tertiary/aromatic N) is 3. The van der Waals surface area contributed by atoms with E-state index >= 15 is 0 Å². The number of halogens is 1. The van der Waals surface area contributed by atoms with Gasteiger partial charge in [0.1, 0.15) is 0 Å². The quantitative estimate of drug-likeness (QED) is 0.247. The number of likely N-dealkylation sites (tertiary alicyclic amines) is 1. The summed E-state index contributed by atoms with van der Waals surface area (Å²) in [6.45, 7) is 7.07. The highest BCUT2D eigenvalue weighted by atomic mass is 127. The number of fused-ring (bicyclic) bond motifs is 1. The van der Waals surface area contributed by atoms with Crippen molar-refractivity contribution in [1.29, 1.82) is 0 Å². The first-order valence-corrected chi connectivity index (χ1v) is 11.2. The normalized spacial score (nSPS) is 16.9. The molecule has 0 saturated carbocycles. The molecule has 2 heterocycles. The van der Waals surface area contributed by atoms with E-state index in [0.717, 1.165) is 88.8 Å². The van der Waals surface area contributed by atoms with Crippen LogP contribution in [-0.4, -0.2) is 68.6 Å². The van der Waals surface area contributed by atoms with E-state index in [1.807, 2.05) is 4.90 Å². The molecule has 7 nitrogen and oxygen atoms in total. The molecule has 0 aliphatic carbocycles. The number of nitrogens with one attached hydrogen (secondary N) is 1. The smallest absolute Gasteiger partial charge is 0.222 e. The van der Waals surface area contributed by atoms with Gasteiger partial charge in [-0.25, -0.2) is 0 Å². The van der Waals surface area contributed by atoms with E-state index in [1.165, 1.54) is 11.1 Å². The Bertz CT molecular complexity index is 757. The average Bonchev–Trinajstić information content (AvgIpc) is 2.98. The number of hydrogen-bond donors (Lipinski definition) is 1. The fraction of sp³-hybridized carbons (Fsp3) is 0.652. The van der Waals surface area contributed by atoms with Gasteiger partial charge in [0.2, 0.25) is 5.91 Å². The van der Waals surface area contributed by atoms with Crippen molar-refractivity contribution < 1.29 is 14.3 Å². The van der Waals surface area contributed by atoms with Gasteiger partial charge in [0.25, 0.3) is 0 Å². The largest absolute Gasteiger partial charge is 0.493 e. The van der Waals surface area contributed by atoms with Crippen LogP contribution < -0.4 is 14.8 Å². The summed E-state index contributed by atoms with van der Waals surface area (Å²) < 4.78 is 10.9. The molecule has 3 rings (SSSR count). The van der Waals surface area contributed by atoms with E-state index < -0.39 is 0 Å². The molecule has 31 heavy (non-hydrogen) atoms.